The summed E-state index contributed by atoms with van der Waals surface area (Å²) in [4.78, 5) is 8.76. The third-order valence-corrected chi connectivity index (χ3v) is 3.38. The van der Waals surface area contributed by atoms with Gasteiger partial charge in [0.1, 0.15) is 16.2 Å². The minimum atomic E-state index is 0.262. The van der Waals surface area contributed by atoms with E-state index in [0.717, 1.165) is 16.2 Å². The van der Waals surface area contributed by atoms with Crippen molar-refractivity contribution < 1.29 is 4.74 Å². The van der Waals surface area contributed by atoms with Gasteiger partial charge in [0.25, 0.3) is 0 Å². The number of aromatic nitrogens is 2. The molecule has 20 heavy (non-hydrogen) atoms. The Bertz CT molecular complexity index is 580. The molecule has 0 atom stereocenters. The lowest BCUT2D eigenvalue weighted by Gasteiger charge is -2.10. The van der Waals surface area contributed by atoms with Crippen LogP contribution in [0.15, 0.2) is 34.9 Å². The van der Waals surface area contributed by atoms with Crippen LogP contribution in [-0.2, 0) is 0 Å². The van der Waals surface area contributed by atoms with Crippen molar-refractivity contribution in [2.75, 3.05) is 0 Å². The first-order chi connectivity index (χ1) is 9.45. The Morgan fingerprint density at radius 3 is 2.15 bits per heavy atom. The zero-order valence-electron chi connectivity index (χ0n) is 12.2. The molecule has 4 heteroatoms. The number of nitrogens with zero attached hydrogens (tertiary/aromatic N) is 2. The molecule has 0 aliphatic heterocycles. The molecular formula is C16H19BrN2O. The number of benzene rings is 1. The second-order valence-electron chi connectivity index (χ2n) is 5.37. The zero-order valence-corrected chi connectivity index (χ0v) is 13.8. The summed E-state index contributed by atoms with van der Waals surface area (Å²) in [6.07, 6.45) is 0. The molecule has 0 saturated heterocycles. The van der Waals surface area contributed by atoms with Crippen LogP contribution in [-0.4, -0.2) is 9.97 Å². The Hall–Kier alpha value is -1.42. The van der Waals surface area contributed by atoms with Gasteiger partial charge in [-0.25, -0.2) is 4.98 Å². The summed E-state index contributed by atoms with van der Waals surface area (Å²) in [5, 5.41) is 0. The van der Waals surface area contributed by atoms with E-state index in [1.807, 2.05) is 12.1 Å². The van der Waals surface area contributed by atoms with Crippen LogP contribution in [0.4, 0.5) is 0 Å². The van der Waals surface area contributed by atoms with E-state index in [-0.39, 0.29) is 5.92 Å². The van der Waals surface area contributed by atoms with Crippen LogP contribution in [0.5, 0.6) is 11.6 Å². The molecular weight excluding hydrogens is 316 g/mol. The van der Waals surface area contributed by atoms with Gasteiger partial charge in [-0.05, 0) is 39.5 Å². The fraction of sp³-hybridized carbons (Fsp3) is 0.375. The summed E-state index contributed by atoms with van der Waals surface area (Å²) in [5.74, 6) is 2.90. The molecule has 0 N–H and O–H groups in total. The average molecular weight is 335 g/mol. The minimum Gasteiger partial charge on any atom is -0.439 e. The van der Waals surface area contributed by atoms with Gasteiger partial charge in [0.05, 0.1) is 0 Å². The summed E-state index contributed by atoms with van der Waals surface area (Å²) in [6.45, 7) is 8.46. The fourth-order valence-corrected chi connectivity index (χ4v) is 2.14. The van der Waals surface area contributed by atoms with Crippen LogP contribution < -0.4 is 4.74 Å². The maximum Gasteiger partial charge on any atom is 0.223 e. The van der Waals surface area contributed by atoms with Crippen LogP contribution >= 0.6 is 15.9 Å². The Morgan fingerprint density at radius 2 is 1.60 bits per heavy atom. The first-order valence-electron chi connectivity index (χ1n) is 6.78. The van der Waals surface area contributed by atoms with Gasteiger partial charge in [-0.15, -0.1) is 0 Å². The maximum absolute atomic E-state index is 5.80. The number of hydrogen-bond acceptors (Lipinski definition) is 3. The number of hydrogen-bond donors (Lipinski definition) is 0. The molecule has 0 saturated carbocycles. The largest absolute Gasteiger partial charge is 0.439 e. The van der Waals surface area contributed by atoms with E-state index in [9.17, 15) is 0 Å². The van der Waals surface area contributed by atoms with Crippen molar-refractivity contribution in [2.45, 2.75) is 39.5 Å². The third kappa shape index (κ3) is 3.79. The summed E-state index contributed by atoms with van der Waals surface area (Å²) < 4.78 is 6.54. The van der Waals surface area contributed by atoms with E-state index in [2.05, 4.69) is 65.7 Å². The number of rotatable bonds is 4. The van der Waals surface area contributed by atoms with Gasteiger partial charge in [-0.1, -0.05) is 39.8 Å². The van der Waals surface area contributed by atoms with Gasteiger partial charge in [0.15, 0.2) is 0 Å². The molecule has 106 valence electrons. The smallest absolute Gasteiger partial charge is 0.223 e. The van der Waals surface area contributed by atoms with Crippen molar-refractivity contribution in [3.63, 3.8) is 0 Å². The van der Waals surface area contributed by atoms with Crippen LogP contribution in [0, 0.1) is 0 Å². The highest BCUT2D eigenvalue weighted by molar-refractivity contribution is 9.10. The molecule has 0 aliphatic rings. The van der Waals surface area contributed by atoms with Gasteiger partial charge in [0, 0.05) is 12.0 Å². The van der Waals surface area contributed by atoms with Crippen molar-refractivity contribution in [1.82, 2.24) is 9.97 Å². The van der Waals surface area contributed by atoms with E-state index in [4.69, 9.17) is 4.74 Å². The average Bonchev–Trinajstić information content (AvgIpc) is 2.38. The first-order valence-corrected chi connectivity index (χ1v) is 7.57. The molecule has 0 bridgehead atoms. The number of ether oxygens (including phenoxy) is 1. The van der Waals surface area contributed by atoms with Crippen molar-refractivity contribution in [2.24, 2.45) is 0 Å². The van der Waals surface area contributed by atoms with Crippen molar-refractivity contribution in [3.8, 4) is 11.6 Å². The van der Waals surface area contributed by atoms with Gasteiger partial charge in [-0.2, -0.15) is 4.98 Å². The monoisotopic (exact) mass is 334 g/mol. The molecule has 0 amide bonds. The molecule has 3 nitrogen and oxygen atoms in total. The second kappa shape index (κ2) is 6.35. The Kier molecular flexibility index (Phi) is 4.76. The topological polar surface area (TPSA) is 35.0 Å². The summed E-state index contributed by atoms with van der Waals surface area (Å²) >= 11 is 3.39. The lowest BCUT2D eigenvalue weighted by Crippen LogP contribution is -2.00. The van der Waals surface area contributed by atoms with Gasteiger partial charge < -0.3 is 4.74 Å². The van der Waals surface area contributed by atoms with E-state index in [1.165, 1.54) is 5.56 Å². The molecule has 1 aromatic carbocycles. The van der Waals surface area contributed by atoms with E-state index in [1.54, 1.807) is 6.07 Å². The van der Waals surface area contributed by atoms with Crippen molar-refractivity contribution >= 4 is 15.9 Å². The Balaban J connectivity index is 2.21. The van der Waals surface area contributed by atoms with Gasteiger partial charge in [-0.3, -0.25) is 0 Å². The standard InChI is InChI=1S/C16H19BrN2O/c1-10(2)12-5-7-13(8-6-12)20-15-9-14(17)18-16(19-15)11(3)4/h5-11H,1-4H3. The zero-order chi connectivity index (χ0) is 14.7. The molecule has 2 rings (SSSR count). The number of halogens is 1. The highest BCUT2D eigenvalue weighted by atomic mass is 79.9. The quantitative estimate of drug-likeness (QED) is 0.713. The van der Waals surface area contributed by atoms with Crippen LogP contribution in [0.25, 0.3) is 0 Å². The summed E-state index contributed by atoms with van der Waals surface area (Å²) in [6, 6.07) is 9.89. The maximum atomic E-state index is 5.80. The van der Waals surface area contributed by atoms with Crippen molar-refractivity contribution in [3.05, 3.63) is 46.3 Å². The predicted octanol–water partition coefficient (Wildman–Crippen LogP) is 5.28. The molecule has 1 aromatic heterocycles. The summed E-state index contributed by atoms with van der Waals surface area (Å²) in [7, 11) is 0. The highest BCUT2D eigenvalue weighted by Crippen LogP contribution is 2.25. The van der Waals surface area contributed by atoms with Crippen LogP contribution in [0.1, 0.15) is 50.9 Å². The molecule has 2 aromatic rings. The molecule has 0 unspecified atom stereocenters. The van der Waals surface area contributed by atoms with Gasteiger partial charge >= 0.3 is 0 Å². The summed E-state index contributed by atoms with van der Waals surface area (Å²) in [5.41, 5.74) is 1.30. The lowest BCUT2D eigenvalue weighted by atomic mass is 10.0. The fourth-order valence-electron chi connectivity index (χ4n) is 1.77. The van der Waals surface area contributed by atoms with Gasteiger partial charge in [0.2, 0.25) is 5.88 Å². The molecule has 0 aliphatic carbocycles. The van der Waals surface area contributed by atoms with E-state index < -0.39 is 0 Å². The second-order valence-corrected chi connectivity index (χ2v) is 6.18. The highest BCUT2D eigenvalue weighted by Gasteiger charge is 2.08. The van der Waals surface area contributed by atoms with Crippen LogP contribution in [0.3, 0.4) is 0 Å². The minimum absolute atomic E-state index is 0.262. The third-order valence-electron chi connectivity index (χ3n) is 2.97. The Morgan fingerprint density at radius 1 is 0.950 bits per heavy atom. The Labute approximate surface area is 128 Å². The molecule has 0 radical (unpaired) electrons. The normalized spacial score (nSPS) is 11.2. The molecule has 0 fully saturated rings. The predicted molar refractivity (Wildman–Crippen MR) is 84.4 cm³/mol. The van der Waals surface area contributed by atoms with Crippen molar-refractivity contribution in [1.29, 1.82) is 0 Å². The van der Waals surface area contributed by atoms with E-state index in [0.29, 0.717) is 11.8 Å². The molecule has 1 heterocycles. The molecule has 0 spiro atoms. The first kappa shape index (κ1) is 15.0. The van der Waals surface area contributed by atoms with E-state index >= 15 is 0 Å². The SMILES string of the molecule is CC(C)c1ccc(Oc2cc(Br)nc(C(C)C)n2)cc1. The lowest BCUT2D eigenvalue weighted by molar-refractivity contribution is 0.456. The van der Waals surface area contributed by atoms with Crippen LogP contribution in [0.2, 0.25) is 0 Å².